The third kappa shape index (κ3) is 3.71. The Labute approximate surface area is 151 Å². The van der Waals surface area contributed by atoms with Crippen LogP contribution in [-0.2, 0) is 15.4 Å². The van der Waals surface area contributed by atoms with E-state index in [0.717, 1.165) is 16.5 Å². The molecule has 1 aromatic heterocycles. The van der Waals surface area contributed by atoms with E-state index in [0.29, 0.717) is 5.02 Å². The van der Waals surface area contributed by atoms with E-state index in [9.17, 15) is 12.8 Å². The molecule has 0 saturated carbocycles. The molecule has 2 aromatic carbocycles. The van der Waals surface area contributed by atoms with Gasteiger partial charge in [-0.25, -0.2) is 17.5 Å². The second kappa shape index (κ2) is 6.44. The first kappa shape index (κ1) is 17.9. The van der Waals surface area contributed by atoms with Gasteiger partial charge in [0.15, 0.2) is 0 Å². The van der Waals surface area contributed by atoms with Crippen LogP contribution in [0.15, 0.2) is 53.6 Å². The lowest BCUT2D eigenvalue weighted by molar-refractivity contribution is 0.504. The highest BCUT2D eigenvalue weighted by Crippen LogP contribution is 2.31. The molecule has 0 aliphatic heterocycles. The molecule has 0 spiro atoms. The van der Waals surface area contributed by atoms with Gasteiger partial charge in [-0.2, -0.15) is 0 Å². The summed E-state index contributed by atoms with van der Waals surface area (Å²) < 4.78 is 41.1. The summed E-state index contributed by atoms with van der Waals surface area (Å²) >= 11 is 5.80. The van der Waals surface area contributed by atoms with Crippen LogP contribution < -0.4 is 4.72 Å². The average Bonchev–Trinajstić information content (AvgIpc) is 2.97. The number of aromatic amines is 1. The van der Waals surface area contributed by atoms with Gasteiger partial charge in [-0.15, -0.1) is 0 Å². The number of hydrogen-bond donors (Lipinski definition) is 2. The predicted molar refractivity (Wildman–Crippen MR) is 97.9 cm³/mol. The molecule has 0 saturated heterocycles. The Morgan fingerprint density at radius 2 is 1.84 bits per heavy atom. The van der Waals surface area contributed by atoms with Crippen LogP contribution in [0.25, 0.3) is 10.9 Å². The zero-order valence-electron chi connectivity index (χ0n) is 13.8. The number of sulfonamides is 1. The van der Waals surface area contributed by atoms with Crippen molar-refractivity contribution in [3.05, 3.63) is 65.1 Å². The van der Waals surface area contributed by atoms with Crippen molar-refractivity contribution in [1.82, 2.24) is 9.71 Å². The van der Waals surface area contributed by atoms with Crippen molar-refractivity contribution in [2.45, 2.75) is 24.2 Å². The van der Waals surface area contributed by atoms with Crippen molar-refractivity contribution in [2.24, 2.45) is 0 Å². The molecule has 0 radical (unpaired) electrons. The van der Waals surface area contributed by atoms with Crippen molar-refractivity contribution in [3.63, 3.8) is 0 Å². The number of rotatable bonds is 5. The van der Waals surface area contributed by atoms with E-state index in [-0.39, 0.29) is 17.3 Å². The summed E-state index contributed by atoms with van der Waals surface area (Å²) in [5, 5.41) is 1.22. The monoisotopic (exact) mass is 380 g/mol. The van der Waals surface area contributed by atoms with Gasteiger partial charge in [0.2, 0.25) is 10.0 Å². The van der Waals surface area contributed by atoms with Crippen LogP contribution in [-0.4, -0.2) is 19.9 Å². The molecular formula is C18H18ClFN2O2S. The maximum Gasteiger partial charge on any atom is 0.240 e. The maximum atomic E-state index is 13.6. The molecule has 25 heavy (non-hydrogen) atoms. The van der Waals surface area contributed by atoms with Gasteiger partial charge >= 0.3 is 0 Å². The average molecular weight is 381 g/mol. The fourth-order valence-corrected chi connectivity index (χ4v) is 4.06. The first-order valence-corrected chi connectivity index (χ1v) is 9.57. The molecule has 132 valence electrons. The van der Waals surface area contributed by atoms with Gasteiger partial charge in [0.1, 0.15) is 5.82 Å². The van der Waals surface area contributed by atoms with Crippen LogP contribution in [0, 0.1) is 5.82 Å². The molecule has 0 fully saturated rings. The lowest BCUT2D eigenvalue weighted by atomic mass is 9.85. The highest BCUT2D eigenvalue weighted by Gasteiger charge is 2.27. The lowest BCUT2D eigenvalue weighted by Crippen LogP contribution is -2.36. The zero-order valence-corrected chi connectivity index (χ0v) is 15.4. The first-order valence-electron chi connectivity index (χ1n) is 7.71. The highest BCUT2D eigenvalue weighted by molar-refractivity contribution is 7.89. The molecule has 0 aliphatic carbocycles. The van der Waals surface area contributed by atoms with Gasteiger partial charge in [0.05, 0.1) is 4.90 Å². The van der Waals surface area contributed by atoms with Crippen LogP contribution in [0.2, 0.25) is 5.02 Å². The van der Waals surface area contributed by atoms with E-state index >= 15 is 0 Å². The van der Waals surface area contributed by atoms with Crippen molar-refractivity contribution < 1.29 is 12.8 Å². The molecule has 0 bridgehead atoms. The summed E-state index contributed by atoms with van der Waals surface area (Å²) in [7, 11) is -3.66. The van der Waals surface area contributed by atoms with Crippen LogP contribution in [0.1, 0.15) is 19.4 Å². The van der Waals surface area contributed by atoms with E-state index in [2.05, 4.69) is 9.71 Å². The normalized spacial score (nSPS) is 12.6. The van der Waals surface area contributed by atoms with Crippen molar-refractivity contribution in [3.8, 4) is 0 Å². The van der Waals surface area contributed by atoms with Crippen LogP contribution in [0.3, 0.4) is 0 Å². The van der Waals surface area contributed by atoms with Crippen molar-refractivity contribution >= 4 is 32.5 Å². The summed E-state index contributed by atoms with van der Waals surface area (Å²) in [6.07, 6.45) is 1.79. The minimum atomic E-state index is -3.66. The Morgan fingerprint density at radius 3 is 2.52 bits per heavy atom. The number of fused-ring (bicyclic) bond motifs is 1. The summed E-state index contributed by atoms with van der Waals surface area (Å²) in [4.78, 5) is 3.25. The Balaban J connectivity index is 1.85. The third-order valence-corrected chi connectivity index (χ3v) is 5.87. The maximum absolute atomic E-state index is 13.6. The molecular weight excluding hydrogens is 363 g/mol. The number of benzene rings is 2. The topological polar surface area (TPSA) is 62.0 Å². The number of hydrogen-bond acceptors (Lipinski definition) is 2. The Bertz CT molecular complexity index is 1010. The molecule has 1 heterocycles. The van der Waals surface area contributed by atoms with Crippen LogP contribution in [0.4, 0.5) is 4.39 Å². The van der Waals surface area contributed by atoms with Gasteiger partial charge in [0.25, 0.3) is 0 Å². The van der Waals surface area contributed by atoms with Crippen LogP contribution in [0.5, 0.6) is 0 Å². The largest absolute Gasteiger partial charge is 0.361 e. The molecule has 4 nitrogen and oxygen atoms in total. The van der Waals surface area contributed by atoms with Crippen LogP contribution >= 0.6 is 11.6 Å². The lowest BCUT2D eigenvalue weighted by Gasteiger charge is -2.25. The van der Waals surface area contributed by atoms with Gasteiger partial charge in [0, 0.05) is 34.1 Å². The first-order chi connectivity index (χ1) is 11.7. The van der Waals surface area contributed by atoms with E-state index in [4.69, 9.17) is 11.6 Å². The molecule has 0 atom stereocenters. The smallest absolute Gasteiger partial charge is 0.240 e. The predicted octanol–water partition coefficient (Wildman–Crippen LogP) is 4.22. The molecule has 2 N–H and O–H groups in total. The Kier molecular flexibility index (Phi) is 4.62. The van der Waals surface area contributed by atoms with Gasteiger partial charge < -0.3 is 4.98 Å². The minimum Gasteiger partial charge on any atom is -0.361 e. The molecule has 3 rings (SSSR count). The van der Waals surface area contributed by atoms with Gasteiger partial charge in [-0.1, -0.05) is 25.4 Å². The fourth-order valence-electron chi connectivity index (χ4n) is 2.72. The highest BCUT2D eigenvalue weighted by atomic mass is 35.5. The molecule has 3 aromatic rings. The SMILES string of the molecule is CC(C)(CNS(=O)(=O)c1ccc(Cl)cc1)c1c[nH]c2ccc(F)cc12. The second-order valence-electron chi connectivity index (χ2n) is 6.55. The fraction of sp³-hybridized carbons (Fsp3) is 0.222. The number of halogens is 2. The summed E-state index contributed by atoms with van der Waals surface area (Å²) in [6.45, 7) is 3.98. The summed E-state index contributed by atoms with van der Waals surface area (Å²) in [5.74, 6) is -0.328. The molecule has 0 aliphatic rings. The van der Waals surface area contributed by atoms with Crippen molar-refractivity contribution in [1.29, 1.82) is 0 Å². The van der Waals surface area contributed by atoms with E-state index in [1.807, 2.05) is 13.8 Å². The van der Waals surface area contributed by atoms with Gasteiger partial charge in [-0.05, 0) is 48.0 Å². The Morgan fingerprint density at radius 1 is 1.16 bits per heavy atom. The summed E-state index contributed by atoms with van der Waals surface area (Å²) in [6, 6.07) is 10.5. The zero-order chi connectivity index (χ0) is 18.2. The van der Waals surface area contributed by atoms with E-state index < -0.39 is 15.4 Å². The number of H-pyrrole nitrogens is 1. The standard InChI is InChI=1S/C18H18ClFN2O2S/c1-18(2,16-10-21-17-8-5-13(20)9-15(16)17)11-22-25(23,24)14-6-3-12(19)4-7-14/h3-10,21-22H,11H2,1-2H3. The van der Waals surface area contributed by atoms with Gasteiger partial charge in [-0.3, -0.25) is 0 Å². The molecule has 7 heteroatoms. The summed E-state index contributed by atoms with van der Waals surface area (Å²) in [5.41, 5.74) is 1.12. The minimum absolute atomic E-state index is 0.151. The van der Waals surface area contributed by atoms with E-state index in [1.54, 1.807) is 12.3 Å². The quantitative estimate of drug-likeness (QED) is 0.696. The van der Waals surface area contributed by atoms with Crippen molar-refractivity contribution in [2.75, 3.05) is 6.54 Å². The molecule has 0 amide bonds. The van der Waals surface area contributed by atoms with E-state index in [1.165, 1.54) is 36.4 Å². The number of aromatic nitrogens is 1. The number of nitrogens with one attached hydrogen (secondary N) is 2. The Hall–Kier alpha value is -1.89. The molecule has 0 unspecified atom stereocenters. The second-order valence-corrected chi connectivity index (χ2v) is 8.76. The third-order valence-electron chi connectivity index (χ3n) is 4.20.